The van der Waals surface area contributed by atoms with Crippen molar-refractivity contribution >= 4 is 5.78 Å². The van der Waals surface area contributed by atoms with E-state index in [4.69, 9.17) is 4.74 Å². The van der Waals surface area contributed by atoms with Crippen molar-refractivity contribution in [2.45, 2.75) is 39.4 Å². The van der Waals surface area contributed by atoms with Crippen molar-refractivity contribution in [1.29, 1.82) is 0 Å². The zero-order valence-corrected chi connectivity index (χ0v) is 6.76. The Morgan fingerprint density at radius 1 is 1.50 bits per heavy atom. The molecule has 0 radical (unpaired) electrons. The van der Waals surface area contributed by atoms with Gasteiger partial charge in [-0.2, -0.15) is 0 Å². The lowest BCUT2D eigenvalue weighted by Gasteiger charge is -2.08. The first-order valence-corrected chi connectivity index (χ1v) is 3.86. The van der Waals surface area contributed by atoms with Gasteiger partial charge in [-0.1, -0.05) is 13.8 Å². The van der Waals surface area contributed by atoms with Crippen molar-refractivity contribution < 1.29 is 9.53 Å². The van der Waals surface area contributed by atoms with Gasteiger partial charge >= 0.3 is 0 Å². The minimum atomic E-state index is -0.167. The Morgan fingerprint density at radius 3 is 2.30 bits per heavy atom. The third kappa shape index (κ3) is 1.08. The van der Waals surface area contributed by atoms with E-state index in [0.717, 1.165) is 6.42 Å². The van der Waals surface area contributed by atoms with Crippen molar-refractivity contribution in [2.75, 3.05) is 0 Å². The zero-order valence-electron chi connectivity index (χ0n) is 6.76. The van der Waals surface area contributed by atoms with E-state index >= 15 is 0 Å². The van der Waals surface area contributed by atoms with Gasteiger partial charge in [0.15, 0.2) is 5.78 Å². The molecule has 58 valence electrons. The monoisotopic (exact) mass is 142 g/mol. The molecule has 1 fully saturated rings. The molecule has 0 spiro atoms. The van der Waals surface area contributed by atoms with Crippen molar-refractivity contribution in [2.24, 2.45) is 5.92 Å². The number of carbonyl (C=O) groups excluding carboxylic acids is 1. The van der Waals surface area contributed by atoms with Gasteiger partial charge in [0.2, 0.25) is 0 Å². The maximum Gasteiger partial charge on any atom is 0.166 e. The first-order chi connectivity index (χ1) is 4.66. The van der Waals surface area contributed by atoms with Crippen LogP contribution in [0.5, 0.6) is 0 Å². The van der Waals surface area contributed by atoms with Gasteiger partial charge in [0.25, 0.3) is 0 Å². The molecule has 1 saturated heterocycles. The summed E-state index contributed by atoms with van der Waals surface area (Å²) in [5.74, 6) is 0.367. The summed E-state index contributed by atoms with van der Waals surface area (Å²) in [4.78, 5) is 11.1. The van der Waals surface area contributed by atoms with Crippen LogP contribution in [-0.2, 0) is 9.53 Å². The maximum atomic E-state index is 11.1. The Kier molecular flexibility index (Phi) is 2.09. The molecular weight excluding hydrogens is 128 g/mol. The highest BCUT2D eigenvalue weighted by atomic mass is 16.5. The van der Waals surface area contributed by atoms with Gasteiger partial charge in [0.1, 0.15) is 6.10 Å². The number of Topliss-reactive ketones (excluding diaryl/α,β-unsaturated/α-hetero) is 1. The normalized spacial score (nSPS) is 40.7. The molecule has 1 heterocycles. The van der Waals surface area contributed by atoms with E-state index in [1.807, 2.05) is 20.8 Å². The number of ether oxygens (including phenoxy) is 1. The van der Waals surface area contributed by atoms with Gasteiger partial charge in [-0.05, 0) is 13.3 Å². The highest BCUT2D eigenvalue weighted by Crippen LogP contribution is 2.24. The first kappa shape index (κ1) is 7.73. The molecule has 3 atom stereocenters. The van der Waals surface area contributed by atoms with Gasteiger partial charge in [-0.15, -0.1) is 0 Å². The fraction of sp³-hybridized carbons (Fsp3) is 0.875. The average Bonchev–Trinajstić information content (AvgIpc) is 2.17. The lowest BCUT2D eigenvalue weighted by Crippen LogP contribution is -2.16. The molecular formula is C8H14O2. The maximum absolute atomic E-state index is 11.1. The molecule has 0 aromatic heterocycles. The van der Waals surface area contributed by atoms with Crippen molar-refractivity contribution in [3.63, 3.8) is 0 Å². The summed E-state index contributed by atoms with van der Waals surface area (Å²) in [5.41, 5.74) is 0. The minimum absolute atomic E-state index is 0.111. The zero-order chi connectivity index (χ0) is 7.72. The fourth-order valence-corrected chi connectivity index (χ4v) is 1.45. The summed E-state index contributed by atoms with van der Waals surface area (Å²) in [6.45, 7) is 5.82. The average molecular weight is 142 g/mol. The second kappa shape index (κ2) is 2.70. The van der Waals surface area contributed by atoms with Crippen LogP contribution in [0, 0.1) is 5.92 Å². The Hall–Kier alpha value is -0.370. The molecule has 0 aromatic carbocycles. The van der Waals surface area contributed by atoms with E-state index in [1.54, 1.807) is 0 Å². The third-order valence-electron chi connectivity index (χ3n) is 2.19. The van der Waals surface area contributed by atoms with Crippen LogP contribution in [0.3, 0.4) is 0 Å². The summed E-state index contributed by atoms with van der Waals surface area (Å²) < 4.78 is 5.39. The van der Waals surface area contributed by atoms with Crippen molar-refractivity contribution in [3.05, 3.63) is 0 Å². The molecule has 0 amide bonds. The molecule has 0 saturated carbocycles. The smallest absolute Gasteiger partial charge is 0.166 e. The molecule has 10 heavy (non-hydrogen) atoms. The molecule has 0 aromatic rings. The van der Waals surface area contributed by atoms with E-state index in [-0.39, 0.29) is 23.9 Å². The number of hydrogen-bond acceptors (Lipinski definition) is 2. The van der Waals surface area contributed by atoms with Gasteiger partial charge in [-0.25, -0.2) is 0 Å². The molecule has 0 N–H and O–H groups in total. The largest absolute Gasteiger partial charge is 0.367 e. The van der Waals surface area contributed by atoms with Crippen LogP contribution < -0.4 is 0 Å². The predicted octanol–water partition coefficient (Wildman–Crippen LogP) is 1.39. The lowest BCUT2D eigenvalue weighted by molar-refractivity contribution is -0.123. The Morgan fingerprint density at radius 2 is 2.10 bits per heavy atom. The second-order valence-corrected chi connectivity index (χ2v) is 2.92. The fourth-order valence-electron chi connectivity index (χ4n) is 1.45. The Bertz CT molecular complexity index is 142. The minimum Gasteiger partial charge on any atom is -0.367 e. The van der Waals surface area contributed by atoms with Gasteiger partial charge in [0, 0.05) is 5.92 Å². The molecule has 1 aliphatic heterocycles. The topological polar surface area (TPSA) is 26.3 Å². The molecule has 2 heteroatoms. The van der Waals surface area contributed by atoms with E-state index in [9.17, 15) is 4.79 Å². The standard InChI is InChI=1S/C8H14O2/c1-4-7-5(2)8(9)6(3)10-7/h5-7H,4H2,1-3H3. The summed E-state index contributed by atoms with van der Waals surface area (Å²) >= 11 is 0. The molecule has 0 aliphatic carbocycles. The Balaban J connectivity index is 2.61. The van der Waals surface area contributed by atoms with E-state index in [0.29, 0.717) is 0 Å². The highest BCUT2D eigenvalue weighted by Gasteiger charge is 2.36. The van der Waals surface area contributed by atoms with Crippen LogP contribution in [0.15, 0.2) is 0 Å². The first-order valence-electron chi connectivity index (χ1n) is 3.86. The van der Waals surface area contributed by atoms with Gasteiger partial charge in [-0.3, -0.25) is 4.79 Å². The van der Waals surface area contributed by atoms with Gasteiger partial charge < -0.3 is 4.74 Å². The third-order valence-corrected chi connectivity index (χ3v) is 2.19. The molecule has 2 nitrogen and oxygen atoms in total. The number of rotatable bonds is 1. The van der Waals surface area contributed by atoms with E-state index < -0.39 is 0 Å². The van der Waals surface area contributed by atoms with E-state index in [2.05, 4.69) is 0 Å². The number of hydrogen-bond donors (Lipinski definition) is 0. The molecule has 3 unspecified atom stereocenters. The summed E-state index contributed by atoms with van der Waals surface area (Å²) in [5, 5.41) is 0. The number of carbonyl (C=O) groups is 1. The van der Waals surface area contributed by atoms with Crippen LogP contribution in [0.1, 0.15) is 27.2 Å². The second-order valence-electron chi connectivity index (χ2n) is 2.92. The van der Waals surface area contributed by atoms with Crippen LogP contribution in [0.25, 0.3) is 0 Å². The number of ketones is 1. The van der Waals surface area contributed by atoms with Crippen LogP contribution in [0.4, 0.5) is 0 Å². The summed E-state index contributed by atoms with van der Waals surface area (Å²) in [6.07, 6.45) is 0.944. The molecule has 0 bridgehead atoms. The quantitative estimate of drug-likeness (QED) is 0.553. The Labute approximate surface area is 61.6 Å². The predicted molar refractivity (Wildman–Crippen MR) is 38.8 cm³/mol. The van der Waals surface area contributed by atoms with E-state index in [1.165, 1.54) is 0 Å². The van der Waals surface area contributed by atoms with Gasteiger partial charge in [0.05, 0.1) is 6.10 Å². The molecule has 1 aliphatic rings. The SMILES string of the molecule is CCC1OC(C)C(=O)C1C. The summed E-state index contributed by atoms with van der Waals surface area (Å²) in [6, 6.07) is 0. The lowest BCUT2D eigenvalue weighted by atomic mass is 9.99. The highest BCUT2D eigenvalue weighted by molar-refractivity contribution is 5.86. The van der Waals surface area contributed by atoms with Crippen LogP contribution in [-0.4, -0.2) is 18.0 Å². The molecule has 1 rings (SSSR count). The van der Waals surface area contributed by atoms with Crippen LogP contribution >= 0.6 is 0 Å². The van der Waals surface area contributed by atoms with Crippen molar-refractivity contribution in [1.82, 2.24) is 0 Å². The van der Waals surface area contributed by atoms with Crippen LogP contribution in [0.2, 0.25) is 0 Å². The van der Waals surface area contributed by atoms with Crippen molar-refractivity contribution in [3.8, 4) is 0 Å². The summed E-state index contributed by atoms with van der Waals surface area (Å²) in [7, 11) is 0.